The average molecular weight is 225 g/mol. The van der Waals surface area contributed by atoms with Gasteiger partial charge in [0.2, 0.25) is 0 Å². The first-order valence-corrected chi connectivity index (χ1v) is 6.13. The van der Waals surface area contributed by atoms with Crippen LogP contribution in [0.5, 0.6) is 0 Å². The van der Waals surface area contributed by atoms with Crippen molar-refractivity contribution in [1.29, 1.82) is 0 Å². The lowest BCUT2D eigenvalue weighted by molar-refractivity contribution is 0.106. The Labute approximate surface area is 98.2 Å². The van der Waals surface area contributed by atoms with E-state index in [9.17, 15) is 4.79 Å². The Morgan fingerprint density at radius 3 is 2.75 bits per heavy atom. The minimum Gasteiger partial charge on any atom is -0.442 e. The van der Waals surface area contributed by atoms with Gasteiger partial charge in [0.15, 0.2) is 0 Å². The lowest BCUT2D eigenvalue weighted by Crippen LogP contribution is -2.42. The highest BCUT2D eigenvalue weighted by Gasteiger charge is 2.17. The Kier molecular flexibility index (Phi) is 4.84. The minimum atomic E-state index is -0.317. The Hall–Kier alpha value is -0.990. The van der Waals surface area contributed by atoms with Gasteiger partial charge in [-0.25, -0.2) is 4.79 Å². The van der Waals surface area contributed by atoms with Crippen LogP contribution >= 0.6 is 0 Å². The molecule has 0 bridgehead atoms. The first-order chi connectivity index (χ1) is 7.47. The summed E-state index contributed by atoms with van der Waals surface area (Å²) in [6.07, 6.45) is 9.41. The van der Waals surface area contributed by atoms with Crippen LogP contribution in [0.3, 0.4) is 0 Å². The minimum absolute atomic E-state index is 0.0531. The van der Waals surface area contributed by atoms with E-state index < -0.39 is 0 Å². The number of rotatable bonds is 1. The second-order valence-electron chi connectivity index (χ2n) is 5.38. The van der Waals surface area contributed by atoms with Gasteiger partial charge >= 0.3 is 6.09 Å². The zero-order valence-corrected chi connectivity index (χ0v) is 10.6. The zero-order valence-electron chi connectivity index (χ0n) is 10.6. The topological polar surface area (TPSA) is 38.3 Å². The molecule has 0 aromatic rings. The average Bonchev–Trinajstić information content (AvgIpc) is 2.06. The van der Waals surface area contributed by atoms with Crippen molar-refractivity contribution in [3.63, 3.8) is 0 Å². The number of alkyl carbamates (subject to hydrolysis) is 1. The summed E-state index contributed by atoms with van der Waals surface area (Å²) < 4.78 is 5.37. The van der Waals surface area contributed by atoms with E-state index >= 15 is 0 Å². The summed E-state index contributed by atoms with van der Waals surface area (Å²) in [5.41, 5.74) is -0.234. The standard InChI is InChI=1S/C13H23NO2/c1-13(2,3)14-12(15)16-11-9-7-5-4-6-8-10-11/h7,9,11H,4-6,8,10H2,1-3H3,(H,14,15)/b9-7+. The molecule has 16 heavy (non-hydrogen) atoms. The molecule has 0 aliphatic heterocycles. The highest BCUT2D eigenvalue weighted by atomic mass is 16.6. The van der Waals surface area contributed by atoms with E-state index in [4.69, 9.17) is 4.74 Å². The van der Waals surface area contributed by atoms with Crippen LogP contribution in [0.1, 0.15) is 52.9 Å². The number of carbonyl (C=O) groups excluding carboxylic acids is 1. The SMILES string of the molecule is CC(C)(C)NC(=O)OC1/C=C/CCCCC1. The van der Waals surface area contributed by atoms with Crippen LogP contribution in [-0.2, 0) is 4.74 Å². The molecule has 3 nitrogen and oxygen atoms in total. The quantitative estimate of drug-likeness (QED) is 0.694. The van der Waals surface area contributed by atoms with Gasteiger partial charge in [0.05, 0.1) is 0 Å². The monoisotopic (exact) mass is 225 g/mol. The normalized spacial score (nSPS) is 24.1. The number of hydrogen-bond donors (Lipinski definition) is 1. The Morgan fingerprint density at radius 2 is 2.06 bits per heavy atom. The van der Waals surface area contributed by atoms with E-state index in [1.165, 1.54) is 12.8 Å². The van der Waals surface area contributed by atoms with Crippen LogP contribution in [-0.4, -0.2) is 17.7 Å². The molecule has 0 spiro atoms. The molecule has 1 unspecified atom stereocenters. The van der Waals surface area contributed by atoms with Gasteiger partial charge in [-0.2, -0.15) is 0 Å². The van der Waals surface area contributed by atoms with Crippen molar-refractivity contribution >= 4 is 6.09 Å². The molecule has 1 amide bonds. The van der Waals surface area contributed by atoms with Crippen molar-refractivity contribution in [2.24, 2.45) is 0 Å². The maximum absolute atomic E-state index is 11.6. The lowest BCUT2D eigenvalue weighted by atomic mass is 10.0. The Morgan fingerprint density at radius 1 is 1.31 bits per heavy atom. The van der Waals surface area contributed by atoms with Gasteiger partial charge in [0, 0.05) is 5.54 Å². The van der Waals surface area contributed by atoms with Crippen LogP contribution < -0.4 is 5.32 Å². The molecule has 0 radical (unpaired) electrons. The van der Waals surface area contributed by atoms with Gasteiger partial charge in [-0.05, 0) is 52.5 Å². The number of allylic oxidation sites excluding steroid dienone is 1. The molecule has 1 aliphatic carbocycles. The van der Waals surface area contributed by atoms with E-state index in [1.54, 1.807) is 0 Å². The van der Waals surface area contributed by atoms with E-state index in [0.29, 0.717) is 0 Å². The molecule has 0 saturated carbocycles. The zero-order chi connectivity index (χ0) is 12.0. The predicted octanol–water partition coefficient (Wildman–Crippen LogP) is 3.40. The summed E-state index contributed by atoms with van der Waals surface area (Å²) in [7, 11) is 0. The Bertz CT molecular complexity index is 253. The fourth-order valence-electron chi connectivity index (χ4n) is 1.70. The van der Waals surface area contributed by atoms with Gasteiger partial charge in [-0.15, -0.1) is 0 Å². The molecule has 1 N–H and O–H groups in total. The predicted molar refractivity (Wildman–Crippen MR) is 65.4 cm³/mol. The smallest absolute Gasteiger partial charge is 0.408 e. The highest BCUT2D eigenvalue weighted by molar-refractivity contribution is 5.68. The highest BCUT2D eigenvalue weighted by Crippen LogP contribution is 2.14. The van der Waals surface area contributed by atoms with Crippen LogP contribution in [0.2, 0.25) is 0 Å². The van der Waals surface area contributed by atoms with Crippen molar-refractivity contribution in [2.75, 3.05) is 0 Å². The summed E-state index contributed by atoms with van der Waals surface area (Å²) in [4.78, 5) is 11.6. The molecular weight excluding hydrogens is 202 g/mol. The van der Waals surface area contributed by atoms with Crippen molar-refractivity contribution in [1.82, 2.24) is 5.32 Å². The van der Waals surface area contributed by atoms with Crippen LogP contribution in [0, 0.1) is 0 Å². The fraction of sp³-hybridized carbons (Fsp3) is 0.769. The van der Waals surface area contributed by atoms with Crippen LogP contribution in [0.25, 0.3) is 0 Å². The molecule has 0 aromatic carbocycles. The summed E-state index contributed by atoms with van der Waals surface area (Å²) in [6.45, 7) is 5.84. The molecule has 0 aromatic heterocycles. The lowest BCUT2D eigenvalue weighted by Gasteiger charge is -2.23. The van der Waals surface area contributed by atoms with Crippen molar-refractivity contribution in [3.8, 4) is 0 Å². The third-order valence-electron chi connectivity index (χ3n) is 2.45. The first kappa shape index (κ1) is 13.1. The van der Waals surface area contributed by atoms with Crippen molar-refractivity contribution in [2.45, 2.75) is 64.5 Å². The molecule has 0 fully saturated rings. The number of carbonyl (C=O) groups is 1. The van der Waals surface area contributed by atoms with E-state index in [0.717, 1.165) is 19.3 Å². The fourth-order valence-corrected chi connectivity index (χ4v) is 1.70. The molecule has 1 atom stereocenters. The summed E-state index contributed by atoms with van der Waals surface area (Å²) in [5, 5.41) is 2.81. The summed E-state index contributed by atoms with van der Waals surface area (Å²) in [6, 6.07) is 0. The molecule has 0 saturated heterocycles. The second kappa shape index (κ2) is 5.92. The third-order valence-corrected chi connectivity index (χ3v) is 2.45. The van der Waals surface area contributed by atoms with Gasteiger partial charge in [-0.3, -0.25) is 0 Å². The van der Waals surface area contributed by atoms with E-state index in [-0.39, 0.29) is 17.7 Å². The van der Waals surface area contributed by atoms with E-state index in [1.807, 2.05) is 26.8 Å². The Balaban J connectivity index is 2.39. The van der Waals surface area contributed by atoms with Crippen LogP contribution in [0.15, 0.2) is 12.2 Å². The molecule has 1 aliphatic rings. The molecule has 0 heterocycles. The van der Waals surface area contributed by atoms with Crippen LogP contribution in [0.4, 0.5) is 4.79 Å². The van der Waals surface area contributed by atoms with Crippen molar-refractivity contribution in [3.05, 3.63) is 12.2 Å². The van der Waals surface area contributed by atoms with E-state index in [2.05, 4.69) is 11.4 Å². The van der Waals surface area contributed by atoms with Crippen molar-refractivity contribution < 1.29 is 9.53 Å². The first-order valence-electron chi connectivity index (χ1n) is 6.13. The molecule has 3 heteroatoms. The molecule has 1 rings (SSSR count). The molecular formula is C13H23NO2. The second-order valence-corrected chi connectivity index (χ2v) is 5.38. The van der Waals surface area contributed by atoms with Gasteiger partial charge in [-0.1, -0.05) is 12.5 Å². The summed E-state index contributed by atoms with van der Waals surface area (Å²) in [5.74, 6) is 0. The molecule has 92 valence electrons. The summed E-state index contributed by atoms with van der Waals surface area (Å²) >= 11 is 0. The largest absolute Gasteiger partial charge is 0.442 e. The van der Waals surface area contributed by atoms with Gasteiger partial charge < -0.3 is 10.1 Å². The number of hydrogen-bond acceptors (Lipinski definition) is 2. The maximum Gasteiger partial charge on any atom is 0.408 e. The number of amides is 1. The van der Waals surface area contributed by atoms with Gasteiger partial charge in [0.25, 0.3) is 0 Å². The van der Waals surface area contributed by atoms with Gasteiger partial charge in [0.1, 0.15) is 6.10 Å². The third kappa shape index (κ3) is 5.79. The number of nitrogens with one attached hydrogen (secondary N) is 1. The maximum atomic E-state index is 11.6. The number of ether oxygens (including phenoxy) is 1.